The SMILES string of the molecule is CCC1CCC(C2=CC(C)=C(C)CC=C2)CC1CC. The van der Waals surface area contributed by atoms with Gasteiger partial charge in [-0.2, -0.15) is 0 Å². The van der Waals surface area contributed by atoms with Gasteiger partial charge in [0.25, 0.3) is 0 Å². The minimum absolute atomic E-state index is 0.810. The monoisotopic (exact) mass is 258 g/mol. The van der Waals surface area contributed by atoms with Crippen molar-refractivity contribution in [3.05, 3.63) is 34.9 Å². The molecule has 2 aliphatic carbocycles. The molecule has 106 valence electrons. The highest BCUT2D eigenvalue weighted by atomic mass is 14.3. The summed E-state index contributed by atoms with van der Waals surface area (Å²) < 4.78 is 0. The Hall–Kier alpha value is -0.780. The Labute approximate surface area is 119 Å². The van der Waals surface area contributed by atoms with Crippen molar-refractivity contribution in [2.75, 3.05) is 0 Å². The minimum atomic E-state index is 0.810. The van der Waals surface area contributed by atoms with Gasteiger partial charge in [-0.1, -0.05) is 56.1 Å². The number of hydrogen-bond donors (Lipinski definition) is 0. The fraction of sp³-hybridized carbons (Fsp3) is 0.684. The lowest BCUT2D eigenvalue weighted by atomic mass is 9.69. The van der Waals surface area contributed by atoms with Crippen LogP contribution in [0.5, 0.6) is 0 Å². The Morgan fingerprint density at radius 2 is 1.79 bits per heavy atom. The molecule has 19 heavy (non-hydrogen) atoms. The van der Waals surface area contributed by atoms with Crippen molar-refractivity contribution in [3.63, 3.8) is 0 Å². The molecule has 0 bridgehead atoms. The van der Waals surface area contributed by atoms with E-state index in [1.54, 1.807) is 5.57 Å². The number of hydrogen-bond acceptors (Lipinski definition) is 0. The average molecular weight is 258 g/mol. The van der Waals surface area contributed by atoms with E-state index >= 15 is 0 Å². The van der Waals surface area contributed by atoms with Crippen LogP contribution >= 0.6 is 0 Å². The molecule has 1 fully saturated rings. The minimum Gasteiger partial charge on any atom is -0.0802 e. The van der Waals surface area contributed by atoms with Crippen LogP contribution in [0.15, 0.2) is 34.9 Å². The number of allylic oxidation sites excluding steroid dienone is 6. The highest BCUT2D eigenvalue weighted by Gasteiger charge is 2.29. The second-order valence-electron chi connectivity index (χ2n) is 6.56. The second-order valence-corrected chi connectivity index (χ2v) is 6.56. The van der Waals surface area contributed by atoms with E-state index in [4.69, 9.17) is 0 Å². The molecule has 3 atom stereocenters. The van der Waals surface area contributed by atoms with Crippen LogP contribution in [-0.2, 0) is 0 Å². The predicted octanol–water partition coefficient (Wildman–Crippen LogP) is 6.06. The molecule has 2 rings (SSSR count). The Bertz CT molecular complexity index is 394. The molecule has 0 nitrogen and oxygen atoms in total. The fourth-order valence-corrected chi connectivity index (χ4v) is 3.87. The topological polar surface area (TPSA) is 0 Å². The fourth-order valence-electron chi connectivity index (χ4n) is 3.87. The van der Waals surface area contributed by atoms with E-state index in [1.165, 1.54) is 43.3 Å². The molecular weight excluding hydrogens is 228 g/mol. The standard InChI is InChI=1S/C19H30/c1-5-16-10-11-19(13-17(16)6-2)18-9-7-8-14(3)15(4)12-18/h7,9,12,16-17,19H,5-6,8,10-11,13H2,1-4H3. The van der Waals surface area contributed by atoms with Crippen molar-refractivity contribution in [1.82, 2.24) is 0 Å². The zero-order valence-corrected chi connectivity index (χ0v) is 13.2. The van der Waals surface area contributed by atoms with Gasteiger partial charge in [-0.15, -0.1) is 0 Å². The van der Waals surface area contributed by atoms with E-state index < -0.39 is 0 Å². The van der Waals surface area contributed by atoms with Crippen LogP contribution < -0.4 is 0 Å². The summed E-state index contributed by atoms with van der Waals surface area (Å²) in [6, 6.07) is 0. The second kappa shape index (κ2) is 6.59. The molecule has 0 spiro atoms. The van der Waals surface area contributed by atoms with E-state index in [9.17, 15) is 0 Å². The van der Waals surface area contributed by atoms with Gasteiger partial charge in [0.05, 0.1) is 0 Å². The Morgan fingerprint density at radius 3 is 2.47 bits per heavy atom. The maximum atomic E-state index is 2.46. The van der Waals surface area contributed by atoms with E-state index in [-0.39, 0.29) is 0 Å². The van der Waals surface area contributed by atoms with E-state index in [2.05, 4.69) is 45.9 Å². The third-order valence-electron chi connectivity index (χ3n) is 5.45. The molecular formula is C19H30. The first-order valence-corrected chi connectivity index (χ1v) is 8.20. The van der Waals surface area contributed by atoms with Crippen LogP contribution in [0.1, 0.15) is 66.2 Å². The molecule has 2 aliphatic rings. The van der Waals surface area contributed by atoms with Crippen LogP contribution in [0, 0.1) is 17.8 Å². The summed E-state index contributed by atoms with van der Waals surface area (Å²) >= 11 is 0. The third kappa shape index (κ3) is 3.41. The first-order chi connectivity index (χ1) is 9.15. The zero-order chi connectivity index (χ0) is 13.8. The van der Waals surface area contributed by atoms with Gasteiger partial charge in [-0.25, -0.2) is 0 Å². The predicted molar refractivity (Wildman–Crippen MR) is 85.1 cm³/mol. The van der Waals surface area contributed by atoms with Crippen LogP contribution in [0.4, 0.5) is 0 Å². The lowest BCUT2D eigenvalue weighted by Crippen LogP contribution is -2.24. The molecule has 0 radical (unpaired) electrons. The van der Waals surface area contributed by atoms with Crippen molar-refractivity contribution in [1.29, 1.82) is 0 Å². The molecule has 0 aromatic carbocycles. The van der Waals surface area contributed by atoms with Crippen LogP contribution in [0.25, 0.3) is 0 Å². The van der Waals surface area contributed by atoms with Crippen molar-refractivity contribution < 1.29 is 0 Å². The molecule has 0 amide bonds. The summed E-state index contributed by atoms with van der Waals surface area (Å²) in [6.45, 7) is 9.29. The van der Waals surface area contributed by atoms with E-state index in [0.29, 0.717) is 0 Å². The van der Waals surface area contributed by atoms with Gasteiger partial charge >= 0.3 is 0 Å². The molecule has 1 saturated carbocycles. The Kier molecular flexibility index (Phi) is 5.07. The summed E-state index contributed by atoms with van der Waals surface area (Å²) in [5.74, 6) is 2.74. The Morgan fingerprint density at radius 1 is 1.05 bits per heavy atom. The summed E-state index contributed by atoms with van der Waals surface area (Å²) in [6.07, 6.45) is 15.4. The highest BCUT2D eigenvalue weighted by molar-refractivity contribution is 5.37. The third-order valence-corrected chi connectivity index (χ3v) is 5.45. The molecule has 0 saturated heterocycles. The van der Waals surface area contributed by atoms with Gasteiger partial charge in [0.1, 0.15) is 0 Å². The van der Waals surface area contributed by atoms with Crippen molar-refractivity contribution in [3.8, 4) is 0 Å². The Balaban J connectivity index is 2.13. The van der Waals surface area contributed by atoms with Crippen LogP contribution in [-0.4, -0.2) is 0 Å². The molecule has 0 heterocycles. The van der Waals surface area contributed by atoms with Gasteiger partial charge in [-0.05, 0) is 62.9 Å². The smallest absolute Gasteiger partial charge is 0.0133 e. The van der Waals surface area contributed by atoms with E-state index in [0.717, 1.165) is 24.2 Å². The highest BCUT2D eigenvalue weighted by Crippen LogP contribution is 2.41. The van der Waals surface area contributed by atoms with Gasteiger partial charge in [-0.3, -0.25) is 0 Å². The summed E-state index contributed by atoms with van der Waals surface area (Å²) in [5, 5.41) is 0. The van der Waals surface area contributed by atoms with Gasteiger partial charge in [0, 0.05) is 0 Å². The van der Waals surface area contributed by atoms with Crippen molar-refractivity contribution in [2.45, 2.75) is 66.2 Å². The normalized spacial score (nSPS) is 32.2. The molecule has 0 N–H and O–H groups in total. The average Bonchev–Trinajstić information content (AvgIpc) is 2.60. The van der Waals surface area contributed by atoms with Crippen molar-refractivity contribution >= 4 is 0 Å². The molecule has 0 aliphatic heterocycles. The largest absolute Gasteiger partial charge is 0.0802 e. The van der Waals surface area contributed by atoms with Gasteiger partial charge < -0.3 is 0 Å². The van der Waals surface area contributed by atoms with Crippen LogP contribution in [0.3, 0.4) is 0 Å². The van der Waals surface area contributed by atoms with Gasteiger partial charge in [0.15, 0.2) is 0 Å². The van der Waals surface area contributed by atoms with E-state index in [1.807, 2.05) is 0 Å². The van der Waals surface area contributed by atoms with Crippen molar-refractivity contribution in [2.24, 2.45) is 17.8 Å². The number of rotatable bonds is 3. The first-order valence-electron chi connectivity index (χ1n) is 8.20. The summed E-state index contributed by atoms with van der Waals surface area (Å²) in [7, 11) is 0. The first kappa shape index (κ1) is 14.6. The maximum absolute atomic E-state index is 2.46. The lowest BCUT2D eigenvalue weighted by molar-refractivity contribution is 0.188. The molecule has 0 aromatic heterocycles. The zero-order valence-electron chi connectivity index (χ0n) is 13.2. The maximum Gasteiger partial charge on any atom is -0.0133 e. The summed E-state index contributed by atoms with van der Waals surface area (Å²) in [5.41, 5.74) is 4.62. The summed E-state index contributed by atoms with van der Waals surface area (Å²) in [4.78, 5) is 0. The lowest BCUT2D eigenvalue weighted by Gasteiger charge is -2.36. The van der Waals surface area contributed by atoms with Gasteiger partial charge in [0.2, 0.25) is 0 Å². The molecule has 0 heteroatoms. The van der Waals surface area contributed by atoms with Crippen LogP contribution in [0.2, 0.25) is 0 Å². The quantitative estimate of drug-likeness (QED) is 0.577. The molecule has 0 aromatic rings. The molecule has 3 unspecified atom stereocenters.